The Morgan fingerprint density at radius 2 is 2.17 bits per heavy atom. The van der Waals surface area contributed by atoms with Crippen LogP contribution in [0.4, 0.5) is 0 Å². The monoisotopic (exact) mass is 181 g/mol. The molecule has 0 saturated carbocycles. The van der Waals surface area contributed by atoms with Crippen LogP contribution in [0.25, 0.3) is 6.08 Å². The molecule has 0 radical (unpaired) electrons. The summed E-state index contributed by atoms with van der Waals surface area (Å²) in [5, 5.41) is 3.31. The van der Waals surface area contributed by atoms with Crippen LogP contribution in [0.5, 0.6) is 0 Å². The highest BCUT2D eigenvalue weighted by atomic mass is 35.5. The molecule has 0 aromatic heterocycles. The molecule has 1 nitrogen and oxygen atoms in total. The molecule has 1 aromatic rings. The molecule has 1 aliphatic rings. The molecule has 1 aromatic carbocycles. The summed E-state index contributed by atoms with van der Waals surface area (Å²) in [5.74, 6) is 0. The lowest BCUT2D eigenvalue weighted by atomic mass is 10.0. The lowest BCUT2D eigenvalue weighted by Crippen LogP contribution is -2.00. The van der Waals surface area contributed by atoms with Gasteiger partial charge in [-0.25, -0.2) is 0 Å². The van der Waals surface area contributed by atoms with E-state index < -0.39 is 0 Å². The zero-order valence-corrected chi connectivity index (χ0v) is 7.66. The molecule has 0 spiro atoms. The Kier molecular flexibility index (Phi) is 2.90. The molecule has 0 unspecified atom stereocenters. The second kappa shape index (κ2) is 3.74. The lowest BCUT2D eigenvalue weighted by Gasteiger charge is -2.00. The molecule has 0 atom stereocenters. The van der Waals surface area contributed by atoms with E-state index in [2.05, 4.69) is 30.1 Å². The van der Waals surface area contributed by atoms with Gasteiger partial charge in [0.05, 0.1) is 0 Å². The fourth-order valence-electron chi connectivity index (χ4n) is 1.55. The Labute approximate surface area is 78.9 Å². The highest BCUT2D eigenvalue weighted by Crippen LogP contribution is 2.19. The van der Waals surface area contributed by atoms with Gasteiger partial charge in [-0.05, 0) is 16.7 Å². The van der Waals surface area contributed by atoms with Gasteiger partial charge >= 0.3 is 0 Å². The van der Waals surface area contributed by atoms with Crippen LogP contribution in [0.2, 0.25) is 0 Å². The minimum atomic E-state index is 0. The highest BCUT2D eigenvalue weighted by molar-refractivity contribution is 5.85. The first-order valence-electron chi connectivity index (χ1n) is 3.86. The minimum absolute atomic E-state index is 0. The molecular formula is C10H12ClN. The summed E-state index contributed by atoms with van der Waals surface area (Å²) in [5.41, 5.74) is 4.11. The lowest BCUT2D eigenvalue weighted by molar-refractivity contribution is 0.764. The molecular weight excluding hydrogens is 170 g/mol. The number of hydrogen-bond acceptors (Lipinski definition) is 1. The van der Waals surface area contributed by atoms with Crippen LogP contribution in [0.3, 0.4) is 0 Å². The first-order chi connectivity index (χ1) is 5.42. The second-order valence-electron chi connectivity index (χ2n) is 2.79. The van der Waals surface area contributed by atoms with Crippen molar-refractivity contribution in [3.63, 3.8) is 0 Å². The van der Waals surface area contributed by atoms with E-state index in [4.69, 9.17) is 0 Å². The maximum absolute atomic E-state index is 3.78. The summed E-state index contributed by atoms with van der Waals surface area (Å²) in [4.78, 5) is 0. The van der Waals surface area contributed by atoms with Gasteiger partial charge in [-0.3, -0.25) is 0 Å². The Morgan fingerprint density at radius 3 is 2.92 bits per heavy atom. The van der Waals surface area contributed by atoms with Crippen molar-refractivity contribution < 1.29 is 0 Å². The van der Waals surface area contributed by atoms with E-state index in [9.17, 15) is 0 Å². The van der Waals surface area contributed by atoms with Crippen molar-refractivity contribution in [2.24, 2.45) is 0 Å². The molecule has 1 N–H and O–H groups in total. The third-order valence-electron chi connectivity index (χ3n) is 2.15. The van der Waals surface area contributed by atoms with E-state index in [-0.39, 0.29) is 12.4 Å². The smallest absolute Gasteiger partial charge is 0.0217 e. The molecule has 0 bridgehead atoms. The van der Waals surface area contributed by atoms with Crippen LogP contribution in [0.15, 0.2) is 24.8 Å². The van der Waals surface area contributed by atoms with Crippen LogP contribution in [0, 0.1) is 0 Å². The van der Waals surface area contributed by atoms with E-state index >= 15 is 0 Å². The molecule has 2 rings (SSSR count). The van der Waals surface area contributed by atoms with Crippen LogP contribution in [-0.2, 0) is 13.1 Å². The summed E-state index contributed by atoms with van der Waals surface area (Å²) in [6, 6.07) is 6.37. The first kappa shape index (κ1) is 9.30. The number of rotatable bonds is 1. The van der Waals surface area contributed by atoms with Gasteiger partial charge in [0.2, 0.25) is 0 Å². The van der Waals surface area contributed by atoms with E-state index in [1.165, 1.54) is 16.7 Å². The maximum Gasteiger partial charge on any atom is 0.0217 e. The van der Waals surface area contributed by atoms with Gasteiger partial charge < -0.3 is 5.32 Å². The van der Waals surface area contributed by atoms with Crippen molar-refractivity contribution in [2.75, 3.05) is 0 Å². The van der Waals surface area contributed by atoms with Crippen LogP contribution in [0.1, 0.15) is 16.7 Å². The van der Waals surface area contributed by atoms with Gasteiger partial charge in [0, 0.05) is 13.1 Å². The number of hydrogen-bond donors (Lipinski definition) is 1. The third-order valence-corrected chi connectivity index (χ3v) is 2.15. The number of halogens is 1. The molecule has 1 heterocycles. The predicted molar refractivity (Wildman–Crippen MR) is 54.3 cm³/mol. The molecule has 0 saturated heterocycles. The Morgan fingerprint density at radius 1 is 1.33 bits per heavy atom. The zero-order chi connectivity index (χ0) is 7.68. The summed E-state index contributed by atoms with van der Waals surface area (Å²) in [7, 11) is 0. The normalized spacial score (nSPS) is 13.3. The average molecular weight is 182 g/mol. The van der Waals surface area contributed by atoms with Crippen molar-refractivity contribution in [3.05, 3.63) is 41.5 Å². The first-order valence-corrected chi connectivity index (χ1v) is 3.86. The number of nitrogens with one attached hydrogen (secondary N) is 1. The third kappa shape index (κ3) is 1.38. The molecule has 64 valence electrons. The van der Waals surface area contributed by atoms with E-state index in [0.29, 0.717) is 0 Å². The highest BCUT2D eigenvalue weighted by Gasteiger charge is 2.10. The summed E-state index contributed by atoms with van der Waals surface area (Å²) in [6.45, 7) is 5.79. The van der Waals surface area contributed by atoms with Gasteiger partial charge in [-0.2, -0.15) is 0 Å². The predicted octanol–water partition coefficient (Wildman–Crippen LogP) is 2.35. The fraction of sp³-hybridized carbons (Fsp3) is 0.200. The van der Waals surface area contributed by atoms with Gasteiger partial charge in [0.25, 0.3) is 0 Å². The topological polar surface area (TPSA) is 12.0 Å². The minimum Gasteiger partial charge on any atom is -0.309 e. The largest absolute Gasteiger partial charge is 0.309 e. The summed E-state index contributed by atoms with van der Waals surface area (Å²) < 4.78 is 0. The molecule has 0 amide bonds. The standard InChI is InChI=1S/C10H11N.ClH/c1-2-8-4-3-5-9-6-11-7-10(8)9;/h2-5,11H,1,6-7H2;1H. The maximum atomic E-state index is 3.78. The van der Waals surface area contributed by atoms with Crippen molar-refractivity contribution in [1.82, 2.24) is 5.32 Å². The van der Waals surface area contributed by atoms with E-state index in [0.717, 1.165) is 13.1 Å². The molecule has 12 heavy (non-hydrogen) atoms. The van der Waals surface area contributed by atoms with Gasteiger partial charge in [0.1, 0.15) is 0 Å². The van der Waals surface area contributed by atoms with Gasteiger partial charge in [-0.15, -0.1) is 12.4 Å². The Balaban J connectivity index is 0.000000720. The van der Waals surface area contributed by atoms with Crippen LogP contribution >= 0.6 is 12.4 Å². The molecule has 0 fully saturated rings. The van der Waals surface area contributed by atoms with Crippen molar-refractivity contribution in [2.45, 2.75) is 13.1 Å². The number of fused-ring (bicyclic) bond motifs is 1. The van der Waals surface area contributed by atoms with Crippen LogP contribution < -0.4 is 5.32 Å². The quantitative estimate of drug-likeness (QED) is 0.702. The van der Waals surface area contributed by atoms with Gasteiger partial charge in [0.15, 0.2) is 0 Å². The van der Waals surface area contributed by atoms with Crippen molar-refractivity contribution in [3.8, 4) is 0 Å². The van der Waals surface area contributed by atoms with Crippen molar-refractivity contribution >= 4 is 18.5 Å². The van der Waals surface area contributed by atoms with Crippen LogP contribution in [-0.4, -0.2) is 0 Å². The second-order valence-corrected chi connectivity index (χ2v) is 2.79. The summed E-state index contributed by atoms with van der Waals surface area (Å²) in [6.07, 6.45) is 1.92. The van der Waals surface area contributed by atoms with E-state index in [1.807, 2.05) is 6.08 Å². The van der Waals surface area contributed by atoms with E-state index in [1.54, 1.807) is 0 Å². The van der Waals surface area contributed by atoms with Crippen molar-refractivity contribution in [1.29, 1.82) is 0 Å². The SMILES string of the molecule is C=Cc1cccc2c1CNC2.Cl. The average Bonchev–Trinajstić information content (AvgIpc) is 2.50. The fourth-order valence-corrected chi connectivity index (χ4v) is 1.55. The Hall–Kier alpha value is -0.790. The summed E-state index contributed by atoms with van der Waals surface area (Å²) >= 11 is 0. The zero-order valence-electron chi connectivity index (χ0n) is 6.84. The van der Waals surface area contributed by atoms with Gasteiger partial charge in [-0.1, -0.05) is 30.9 Å². The molecule has 2 heteroatoms. The Bertz CT molecular complexity index is 294. The number of benzene rings is 1. The molecule has 1 aliphatic heterocycles. The molecule has 0 aliphatic carbocycles.